The van der Waals surface area contributed by atoms with E-state index >= 15 is 0 Å². The summed E-state index contributed by atoms with van der Waals surface area (Å²) in [6.45, 7) is 3.45. The smallest absolute Gasteiger partial charge is 0.191 e. The Morgan fingerprint density at radius 2 is 1.86 bits per heavy atom. The van der Waals surface area contributed by atoms with Gasteiger partial charge in [-0.15, -0.1) is 0 Å². The molecule has 0 saturated heterocycles. The van der Waals surface area contributed by atoms with E-state index in [-0.39, 0.29) is 12.3 Å². The molecule has 0 aliphatic heterocycles. The standard InChI is InChI=1S/C21H28FN3O3S/c1-4-28-20-8-6-5-7-16(20)11-12-24-21(23-2)25-14-18-13-19(22)10-9-17(18)15-29(3,26)27/h5-10,13H,4,11-12,14-15H2,1-3H3,(H2,23,24,25). The van der Waals surface area contributed by atoms with Crippen molar-refractivity contribution in [3.63, 3.8) is 0 Å². The molecule has 0 heterocycles. The van der Waals surface area contributed by atoms with Gasteiger partial charge in [0.25, 0.3) is 0 Å². The molecule has 0 aliphatic rings. The van der Waals surface area contributed by atoms with E-state index in [0.717, 1.165) is 24.0 Å². The molecule has 2 N–H and O–H groups in total. The van der Waals surface area contributed by atoms with Crippen LogP contribution in [0.4, 0.5) is 4.39 Å². The topological polar surface area (TPSA) is 79.8 Å². The van der Waals surface area contributed by atoms with Crippen molar-refractivity contribution in [1.29, 1.82) is 0 Å². The molecule has 2 aromatic carbocycles. The van der Waals surface area contributed by atoms with E-state index in [9.17, 15) is 12.8 Å². The minimum absolute atomic E-state index is 0.134. The van der Waals surface area contributed by atoms with Gasteiger partial charge in [0.05, 0.1) is 12.4 Å². The molecule has 0 saturated carbocycles. The fourth-order valence-electron chi connectivity index (χ4n) is 2.90. The van der Waals surface area contributed by atoms with Crippen molar-refractivity contribution in [2.45, 2.75) is 25.6 Å². The summed E-state index contributed by atoms with van der Waals surface area (Å²) in [5, 5.41) is 6.32. The van der Waals surface area contributed by atoms with Gasteiger partial charge in [0.2, 0.25) is 0 Å². The number of aliphatic imine (C=N–C) groups is 1. The summed E-state index contributed by atoms with van der Waals surface area (Å²) in [7, 11) is -1.57. The SMILES string of the molecule is CCOc1ccccc1CCNC(=NC)NCc1cc(F)ccc1CS(C)(=O)=O. The van der Waals surface area contributed by atoms with E-state index in [1.165, 1.54) is 18.2 Å². The van der Waals surface area contributed by atoms with Gasteiger partial charge in [-0.2, -0.15) is 0 Å². The molecule has 2 aromatic rings. The summed E-state index contributed by atoms with van der Waals surface area (Å²) in [5.41, 5.74) is 2.25. The minimum Gasteiger partial charge on any atom is -0.494 e. The van der Waals surface area contributed by atoms with E-state index in [0.29, 0.717) is 30.2 Å². The molecule has 2 rings (SSSR count). The van der Waals surface area contributed by atoms with Gasteiger partial charge < -0.3 is 15.4 Å². The van der Waals surface area contributed by atoms with Gasteiger partial charge in [-0.25, -0.2) is 12.8 Å². The first-order valence-corrected chi connectivity index (χ1v) is 11.5. The number of para-hydroxylation sites is 1. The van der Waals surface area contributed by atoms with Gasteiger partial charge in [-0.05, 0) is 48.2 Å². The molecule has 0 radical (unpaired) electrons. The summed E-state index contributed by atoms with van der Waals surface area (Å²) >= 11 is 0. The van der Waals surface area contributed by atoms with Crippen molar-refractivity contribution in [3.8, 4) is 5.75 Å². The number of benzene rings is 2. The number of guanidine groups is 1. The first kappa shape index (κ1) is 22.7. The van der Waals surface area contributed by atoms with Crippen LogP contribution in [0.15, 0.2) is 47.5 Å². The predicted molar refractivity (Wildman–Crippen MR) is 114 cm³/mol. The van der Waals surface area contributed by atoms with Crippen molar-refractivity contribution >= 4 is 15.8 Å². The third kappa shape index (κ3) is 7.73. The van der Waals surface area contributed by atoms with Crippen molar-refractivity contribution in [2.75, 3.05) is 26.5 Å². The summed E-state index contributed by atoms with van der Waals surface area (Å²) in [4.78, 5) is 4.17. The number of nitrogens with one attached hydrogen (secondary N) is 2. The molecule has 158 valence electrons. The molecule has 29 heavy (non-hydrogen) atoms. The monoisotopic (exact) mass is 421 g/mol. The molecule has 0 amide bonds. The number of ether oxygens (including phenoxy) is 1. The normalized spacial score (nSPS) is 11.9. The Labute approximate surface area is 172 Å². The second-order valence-electron chi connectivity index (χ2n) is 6.63. The molecule has 0 aliphatic carbocycles. The molecule has 0 aromatic heterocycles. The molecule has 0 bridgehead atoms. The molecule has 6 nitrogen and oxygen atoms in total. The van der Waals surface area contributed by atoms with Crippen LogP contribution >= 0.6 is 0 Å². The van der Waals surface area contributed by atoms with Crippen LogP contribution in [-0.2, 0) is 28.6 Å². The third-order valence-electron chi connectivity index (χ3n) is 4.22. The van der Waals surface area contributed by atoms with Crippen LogP contribution in [0.3, 0.4) is 0 Å². The second kappa shape index (κ2) is 10.8. The largest absolute Gasteiger partial charge is 0.494 e. The fourth-order valence-corrected chi connectivity index (χ4v) is 3.75. The lowest BCUT2D eigenvalue weighted by Gasteiger charge is -2.15. The van der Waals surface area contributed by atoms with Gasteiger partial charge in [0.1, 0.15) is 11.6 Å². The lowest BCUT2D eigenvalue weighted by atomic mass is 10.1. The van der Waals surface area contributed by atoms with Crippen LogP contribution in [0.2, 0.25) is 0 Å². The quantitative estimate of drug-likeness (QED) is 0.481. The number of rotatable bonds is 9. The maximum Gasteiger partial charge on any atom is 0.191 e. The van der Waals surface area contributed by atoms with Gasteiger partial charge in [-0.3, -0.25) is 4.99 Å². The van der Waals surface area contributed by atoms with Crippen molar-refractivity contribution in [2.24, 2.45) is 4.99 Å². The number of hydrogen-bond acceptors (Lipinski definition) is 4. The molecule has 0 unspecified atom stereocenters. The zero-order chi connectivity index (χ0) is 21.3. The Morgan fingerprint density at radius 3 is 2.55 bits per heavy atom. The second-order valence-corrected chi connectivity index (χ2v) is 8.77. The van der Waals surface area contributed by atoms with Crippen LogP contribution in [0, 0.1) is 5.82 Å². The average molecular weight is 422 g/mol. The van der Waals surface area contributed by atoms with Crippen LogP contribution in [0.25, 0.3) is 0 Å². The van der Waals surface area contributed by atoms with Crippen LogP contribution in [-0.4, -0.2) is 40.8 Å². The maximum atomic E-state index is 13.6. The summed E-state index contributed by atoms with van der Waals surface area (Å²) in [6.07, 6.45) is 1.91. The predicted octanol–water partition coefficient (Wildman–Crippen LogP) is 2.68. The van der Waals surface area contributed by atoms with Crippen molar-refractivity contribution < 1.29 is 17.5 Å². The Hall–Kier alpha value is -2.61. The fraction of sp³-hybridized carbons (Fsp3) is 0.381. The van der Waals surface area contributed by atoms with Gasteiger partial charge in [-0.1, -0.05) is 24.3 Å². The summed E-state index contributed by atoms with van der Waals surface area (Å²) in [5.74, 6) is 0.873. The molecule has 0 fully saturated rings. The Kier molecular flexibility index (Phi) is 8.45. The van der Waals surface area contributed by atoms with E-state index in [2.05, 4.69) is 15.6 Å². The Morgan fingerprint density at radius 1 is 1.10 bits per heavy atom. The summed E-state index contributed by atoms with van der Waals surface area (Å²) < 4.78 is 42.5. The molecule has 0 atom stereocenters. The van der Waals surface area contributed by atoms with Crippen LogP contribution in [0.1, 0.15) is 23.6 Å². The highest BCUT2D eigenvalue weighted by Gasteiger charge is 2.11. The zero-order valence-corrected chi connectivity index (χ0v) is 17.9. The minimum atomic E-state index is -3.22. The van der Waals surface area contributed by atoms with Gasteiger partial charge in [0, 0.05) is 26.4 Å². The number of hydrogen-bond donors (Lipinski definition) is 2. The molecular weight excluding hydrogens is 393 g/mol. The molecule has 0 spiro atoms. The van der Waals surface area contributed by atoms with Crippen LogP contribution in [0.5, 0.6) is 5.75 Å². The lowest BCUT2D eigenvalue weighted by Crippen LogP contribution is -2.38. The van der Waals surface area contributed by atoms with E-state index < -0.39 is 15.7 Å². The number of sulfone groups is 1. The number of halogens is 1. The van der Waals surface area contributed by atoms with Crippen molar-refractivity contribution in [1.82, 2.24) is 10.6 Å². The Balaban J connectivity index is 1.96. The lowest BCUT2D eigenvalue weighted by molar-refractivity contribution is 0.336. The van der Waals surface area contributed by atoms with Gasteiger partial charge >= 0.3 is 0 Å². The first-order valence-electron chi connectivity index (χ1n) is 9.42. The maximum absolute atomic E-state index is 13.6. The number of nitrogens with zero attached hydrogens (tertiary/aromatic N) is 1. The highest BCUT2D eigenvalue weighted by molar-refractivity contribution is 7.89. The van der Waals surface area contributed by atoms with E-state index in [4.69, 9.17) is 4.74 Å². The highest BCUT2D eigenvalue weighted by atomic mass is 32.2. The van der Waals surface area contributed by atoms with E-state index in [1.807, 2.05) is 31.2 Å². The van der Waals surface area contributed by atoms with Crippen LogP contribution < -0.4 is 15.4 Å². The van der Waals surface area contributed by atoms with Crippen molar-refractivity contribution in [3.05, 3.63) is 65.0 Å². The molecule has 8 heteroatoms. The average Bonchev–Trinajstić information content (AvgIpc) is 2.67. The Bertz CT molecular complexity index is 946. The summed E-state index contributed by atoms with van der Waals surface area (Å²) in [6, 6.07) is 12.0. The third-order valence-corrected chi connectivity index (χ3v) is 5.05. The van der Waals surface area contributed by atoms with Gasteiger partial charge in [0.15, 0.2) is 15.8 Å². The first-order chi connectivity index (χ1) is 13.8. The van der Waals surface area contributed by atoms with E-state index in [1.54, 1.807) is 7.05 Å². The highest BCUT2D eigenvalue weighted by Crippen LogP contribution is 2.18. The molecular formula is C21H28FN3O3S. The zero-order valence-electron chi connectivity index (χ0n) is 17.0.